The summed E-state index contributed by atoms with van der Waals surface area (Å²) in [6.45, 7) is 1.28. The maximum atomic E-state index is 12.2. The summed E-state index contributed by atoms with van der Waals surface area (Å²) in [5.74, 6) is -1.35. The van der Waals surface area contributed by atoms with Crippen molar-refractivity contribution in [3.8, 4) is 0 Å². The summed E-state index contributed by atoms with van der Waals surface area (Å²) in [7, 11) is 0. The van der Waals surface area contributed by atoms with Gasteiger partial charge in [0.25, 0.3) is 0 Å². The van der Waals surface area contributed by atoms with Crippen LogP contribution in [0.2, 0.25) is 0 Å². The number of rotatable bonds is 3. The van der Waals surface area contributed by atoms with Gasteiger partial charge in [-0.05, 0) is 19.3 Å². The molecule has 2 rings (SSSR count). The van der Waals surface area contributed by atoms with Gasteiger partial charge in [-0.2, -0.15) is 0 Å². The number of ether oxygens (including phenoxy) is 1. The van der Waals surface area contributed by atoms with Crippen molar-refractivity contribution in [1.82, 2.24) is 4.90 Å². The zero-order valence-corrected chi connectivity index (χ0v) is 10.2. The van der Waals surface area contributed by atoms with Gasteiger partial charge in [0.1, 0.15) is 0 Å². The number of hydrogen-bond acceptors (Lipinski definition) is 4. The molecule has 1 heterocycles. The van der Waals surface area contributed by atoms with Gasteiger partial charge in [-0.1, -0.05) is 0 Å². The van der Waals surface area contributed by atoms with Crippen LogP contribution in [0.15, 0.2) is 0 Å². The Kier molecular flexibility index (Phi) is 4.19. The zero-order chi connectivity index (χ0) is 13.1. The number of aliphatic hydroxyl groups is 1. The molecule has 1 saturated heterocycles. The highest BCUT2D eigenvalue weighted by molar-refractivity contribution is 5.81. The van der Waals surface area contributed by atoms with E-state index in [-0.39, 0.29) is 30.5 Å². The second kappa shape index (κ2) is 5.67. The molecule has 0 aromatic heterocycles. The first-order chi connectivity index (χ1) is 8.61. The van der Waals surface area contributed by atoms with E-state index in [9.17, 15) is 9.59 Å². The Bertz CT molecular complexity index is 332. The van der Waals surface area contributed by atoms with Gasteiger partial charge >= 0.3 is 5.97 Å². The predicted octanol–water partition coefficient (Wildman–Crippen LogP) is -0.293. The van der Waals surface area contributed by atoms with Crippen LogP contribution in [0.1, 0.15) is 19.3 Å². The summed E-state index contributed by atoms with van der Waals surface area (Å²) >= 11 is 0. The molecule has 2 N–H and O–H groups in total. The molecule has 6 nitrogen and oxygen atoms in total. The summed E-state index contributed by atoms with van der Waals surface area (Å²) in [6, 6.07) is 0. The van der Waals surface area contributed by atoms with E-state index in [0.29, 0.717) is 39.0 Å². The lowest BCUT2D eigenvalue weighted by atomic mass is 10.0. The zero-order valence-electron chi connectivity index (χ0n) is 10.2. The SMILES string of the molecule is O=C(O)C1CCC(C(=O)N2CCOC(CO)C2)C1. The molecule has 2 aliphatic rings. The molecule has 3 unspecified atom stereocenters. The second-order valence-electron chi connectivity index (χ2n) is 5.00. The quantitative estimate of drug-likeness (QED) is 0.725. The van der Waals surface area contributed by atoms with Crippen LogP contribution in [-0.4, -0.2) is 59.4 Å². The molecule has 0 radical (unpaired) electrons. The molecule has 18 heavy (non-hydrogen) atoms. The molecular formula is C12H19NO5. The molecule has 0 spiro atoms. The first-order valence-electron chi connectivity index (χ1n) is 6.36. The minimum absolute atomic E-state index is 0.0144. The predicted molar refractivity (Wildman–Crippen MR) is 61.9 cm³/mol. The van der Waals surface area contributed by atoms with Crippen molar-refractivity contribution in [3.63, 3.8) is 0 Å². The molecule has 1 aliphatic carbocycles. The highest BCUT2D eigenvalue weighted by atomic mass is 16.5. The van der Waals surface area contributed by atoms with Crippen LogP contribution in [0, 0.1) is 11.8 Å². The van der Waals surface area contributed by atoms with Gasteiger partial charge in [-0.3, -0.25) is 9.59 Å². The van der Waals surface area contributed by atoms with E-state index in [1.165, 1.54) is 0 Å². The molecule has 1 aliphatic heterocycles. The molecular weight excluding hydrogens is 238 g/mol. The van der Waals surface area contributed by atoms with Gasteiger partial charge in [0.2, 0.25) is 5.91 Å². The minimum atomic E-state index is -0.805. The first kappa shape index (κ1) is 13.3. The molecule has 6 heteroatoms. The Morgan fingerprint density at radius 2 is 2.00 bits per heavy atom. The Morgan fingerprint density at radius 1 is 1.28 bits per heavy atom. The smallest absolute Gasteiger partial charge is 0.306 e. The van der Waals surface area contributed by atoms with Gasteiger partial charge in [-0.25, -0.2) is 0 Å². The van der Waals surface area contributed by atoms with E-state index in [2.05, 4.69) is 0 Å². The Hall–Kier alpha value is -1.14. The highest BCUT2D eigenvalue weighted by Crippen LogP contribution is 2.32. The van der Waals surface area contributed by atoms with Gasteiger partial charge in [0, 0.05) is 19.0 Å². The van der Waals surface area contributed by atoms with E-state index >= 15 is 0 Å². The lowest BCUT2D eigenvalue weighted by Gasteiger charge is -2.33. The maximum Gasteiger partial charge on any atom is 0.306 e. The Labute approximate surface area is 106 Å². The Balaban J connectivity index is 1.89. The van der Waals surface area contributed by atoms with Gasteiger partial charge in [-0.15, -0.1) is 0 Å². The summed E-state index contributed by atoms with van der Waals surface area (Å²) in [6.07, 6.45) is 1.37. The van der Waals surface area contributed by atoms with Crippen molar-refractivity contribution in [2.24, 2.45) is 11.8 Å². The van der Waals surface area contributed by atoms with Crippen molar-refractivity contribution in [2.75, 3.05) is 26.3 Å². The molecule has 0 aromatic rings. The molecule has 1 saturated carbocycles. The average molecular weight is 257 g/mol. The standard InChI is InChI=1S/C12H19NO5/c14-7-10-6-13(3-4-18-10)11(15)8-1-2-9(5-8)12(16)17/h8-10,14H,1-7H2,(H,16,17). The van der Waals surface area contributed by atoms with Crippen LogP contribution in [0.25, 0.3) is 0 Å². The van der Waals surface area contributed by atoms with E-state index in [4.69, 9.17) is 14.9 Å². The van der Waals surface area contributed by atoms with Crippen LogP contribution < -0.4 is 0 Å². The van der Waals surface area contributed by atoms with Crippen LogP contribution in [0.5, 0.6) is 0 Å². The van der Waals surface area contributed by atoms with Gasteiger partial charge < -0.3 is 19.8 Å². The van der Waals surface area contributed by atoms with Crippen LogP contribution >= 0.6 is 0 Å². The number of morpholine rings is 1. The summed E-state index contributed by atoms with van der Waals surface area (Å²) in [5.41, 5.74) is 0. The minimum Gasteiger partial charge on any atom is -0.481 e. The number of carbonyl (C=O) groups is 2. The number of nitrogens with zero attached hydrogens (tertiary/aromatic N) is 1. The fourth-order valence-electron chi connectivity index (χ4n) is 2.72. The molecule has 3 atom stereocenters. The molecule has 2 fully saturated rings. The summed E-state index contributed by atoms with van der Waals surface area (Å²) in [4.78, 5) is 24.8. The third-order valence-electron chi connectivity index (χ3n) is 3.79. The van der Waals surface area contributed by atoms with Crippen molar-refractivity contribution >= 4 is 11.9 Å². The molecule has 0 bridgehead atoms. The largest absolute Gasteiger partial charge is 0.481 e. The number of carbonyl (C=O) groups excluding carboxylic acids is 1. The van der Waals surface area contributed by atoms with Gasteiger partial charge in [0.05, 0.1) is 25.2 Å². The van der Waals surface area contributed by atoms with Crippen LogP contribution in [0.3, 0.4) is 0 Å². The number of hydrogen-bond donors (Lipinski definition) is 2. The van der Waals surface area contributed by atoms with Crippen LogP contribution in [0.4, 0.5) is 0 Å². The summed E-state index contributed by atoms with van der Waals surface area (Å²) < 4.78 is 5.29. The number of carboxylic acid groups (broad SMARTS) is 1. The van der Waals surface area contributed by atoms with Crippen molar-refractivity contribution in [2.45, 2.75) is 25.4 Å². The van der Waals surface area contributed by atoms with Crippen molar-refractivity contribution in [3.05, 3.63) is 0 Å². The van der Waals surface area contributed by atoms with Crippen LogP contribution in [-0.2, 0) is 14.3 Å². The number of amides is 1. The molecule has 1 amide bonds. The Morgan fingerprint density at radius 3 is 2.61 bits per heavy atom. The van der Waals surface area contributed by atoms with Crippen molar-refractivity contribution in [1.29, 1.82) is 0 Å². The van der Waals surface area contributed by atoms with E-state index in [0.717, 1.165) is 0 Å². The lowest BCUT2D eigenvalue weighted by Crippen LogP contribution is -2.48. The maximum absolute atomic E-state index is 12.2. The number of carboxylic acids is 1. The molecule has 0 aromatic carbocycles. The fourth-order valence-corrected chi connectivity index (χ4v) is 2.72. The lowest BCUT2D eigenvalue weighted by molar-refractivity contribution is -0.145. The summed E-state index contributed by atoms with van der Waals surface area (Å²) in [5, 5.41) is 18.0. The van der Waals surface area contributed by atoms with E-state index in [1.807, 2.05) is 0 Å². The monoisotopic (exact) mass is 257 g/mol. The normalized spacial score (nSPS) is 32.5. The topological polar surface area (TPSA) is 87.1 Å². The van der Waals surface area contributed by atoms with E-state index < -0.39 is 5.97 Å². The number of aliphatic carboxylic acids is 1. The first-order valence-corrected chi connectivity index (χ1v) is 6.36. The third-order valence-corrected chi connectivity index (χ3v) is 3.79. The number of aliphatic hydroxyl groups excluding tert-OH is 1. The van der Waals surface area contributed by atoms with Gasteiger partial charge in [0.15, 0.2) is 0 Å². The van der Waals surface area contributed by atoms with E-state index in [1.54, 1.807) is 4.90 Å². The fraction of sp³-hybridized carbons (Fsp3) is 0.833. The molecule has 102 valence electrons. The second-order valence-corrected chi connectivity index (χ2v) is 5.00. The van der Waals surface area contributed by atoms with Crippen molar-refractivity contribution < 1.29 is 24.5 Å². The third kappa shape index (κ3) is 2.81. The highest BCUT2D eigenvalue weighted by Gasteiger charge is 2.37. The average Bonchev–Trinajstić information content (AvgIpc) is 2.87.